The molecule has 86 valence electrons. The lowest BCUT2D eigenvalue weighted by atomic mass is 10.1. The van der Waals surface area contributed by atoms with Gasteiger partial charge in [-0.1, -0.05) is 0 Å². The summed E-state index contributed by atoms with van der Waals surface area (Å²) >= 11 is 0. The van der Waals surface area contributed by atoms with E-state index in [9.17, 15) is 22.0 Å². The average molecular weight is 229 g/mol. The normalized spacial score (nSPS) is 14.6. The van der Waals surface area contributed by atoms with E-state index in [4.69, 9.17) is 5.73 Å². The number of hydrogen-bond donors (Lipinski definition) is 2. The van der Waals surface area contributed by atoms with Gasteiger partial charge in [0.15, 0.2) is 5.69 Å². The zero-order valence-corrected chi connectivity index (χ0v) is 7.35. The van der Waals surface area contributed by atoms with Crippen molar-refractivity contribution in [2.24, 2.45) is 5.73 Å². The minimum absolute atomic E-state index is 0.306. The molecule has 3 N–H and O–H groups in total. The van der Waals surface area contributed by atoms with Gasteiger partial charge in [0.25, 0.3) is 0 Å². The van der Waals surface area contributed by atoms with Crippen LogP contribution in [0.1, 0.15) is 17.3 Å². The maximum absolute atomic E-state index is 12.3. The Morgan fingerprint density at radius 1 is 1.40 bits per heavy atom. The van der Waals surface area contributed by atoms with Crippen LogP contribution in [0.2, 0.25) is 0 Å². The molecule has 1 rings (SSSR count). The summed E-state index contributed by atoms with van der Waals surface area (Å²) in [4.78, 5) is 0. The maximum Gasteiger partial charge on any atom is 0.435 e. The van der Waals surface area contributed by atoms with Gasteiger partial charge in [-0.15, -0.1) is 0 Å². The lowest BCUT2D eigenvalue weighted by molar-refractivity contribution is -0.141. The van der Waals surface area contributed by atoms with E-state index in [0.717, 1.165) is 0 Å². The standard InChI is InChI=1S/C7H8F5N3/c8-6(9)3(2-13)4-1-5(15-14-4)7(10,11)12/h1,3,6H,2,13H2,(H,14,15). The quantitative estimate of drug-likeness (QED) is 0.775. The summed E-state index contributed by atoms with van der Waals surface area (Å²) in [7, 11) is 0. The molecule has 0 aliphatic heterocycles. The molecule has 0 aromatic carbocycles. The molecule has 3 nitrogen and oxygen atoms in total. The number of aromatic amines is 1. The molecule has 0 aliphatic rings. The van der Waals surface area contributed by atoms with Crippen LogP contribution in [0.4, 0.5) is 22.0 Å². The molecular formula is C7H8F5N3. The summed E-state index contributed by atoms with van der Waals surface area (Å²) in [6.07, 6.45) is -7.47. The molecule has 1 heterocycles. The molecule has 15 heavy (non-hydrogen) atoms. The number of H-pyrrole nitrogens is 1. The van der Waals surface area contributed by atoms with E-state index in [-0.39, 0.29) is 5.69 Å². The van der Waals surface area contributed by atoms with Gasteiger partial charge in [0.2, 0.25) is 6.43 Å². The zero-order valence-electron chi connectivity index (χ0n) is 7.35. The first-order valence-corrected chi connectivity index (χ1v) is 3.97. The predicted octanol–water partition coefficient (Wildman–Crippen LogP) is 1.74. The monoisotopic (exact) mass is 229 g/mol. The zero-order chi connectivity index (χ0) is 11.6. The highest BCUT2D eigenvalue weighted by atomic mass is 19.4. The van der Waals surface area contributed by atoms with Gasteiger partial charge in [0.05, 0.1) is 5.92 Å². The molecule has 0 fully saturated rings. The number of rotatable bonds is 3. The van der Waals surface area contributed by atoms with Crippen molar-refractivity contribution >= 4 is 0 Å². The fourth-order valence-electron chi connectivity index (χ4n) is 1.04. The van der Waals surface area contributed by atoms with Gasteiger partial charge in [0.1, 0.15) is 0 Å². The highest BCUT2D eigenvalue weighted by molar-refractivity contribution is 5.16. The second-order valence-electron chi connectivity index (χ2n) is 2.88. The molecule has 0 aliphatic carbocycles. The molecule has 0 bridgehead atoms. The predicted molar refractivity (Wildman–Crippen MR) is 41.4 cm³/mol. The van der Waals surface area contributed by atoms with Crippen LogP contribution in [0.15, 0.2) is 6.07 Å². The number of nitrogens with one attached hydrogen (secondary N) is 1. The molecule has 1 aromatic heterocycles. The van der Waals surface area contributed by atoms with Gasteiger partial charge in [-0.05, 0) is 6.07 Å². The molecule has 8 heteroatoms. The largest absolute Gasteiger partial charge is 0.435 e. The molecule has 1 aromatic rings. The van der Waals surface area contributed by atoms with E-state index in [0.29, 0.717) is 6.07 Å². The minimum atomic E-state index is -4.64. The summed E-state index contributed by atoms with van der Waals surface area (Å²) in [5.41, 5.74) is 3.48. The Kier molecular flexibility index (Phi) is 3.28. The van der Waals surface area contributed by atoms with Crippen molar-refractivity contribution < 1.29 is 22.0 Å². The van der Waals surface area contributed by atoms with Crippen LogP contribution in [0.5, 0.6) is 0 Å². The fourth-order valence-corrected chi connectivity index (χ4v) is 1.04. The molecule has 1 unspecified atom stereocenters. The van der Waals surface area contributed by atoms with Gasteiger partial charge in [0, 0.05) is 12.2 Å². The highest BCUT2D eigenvalue weighted by Crippen LogP contribution is 2.30. The van der Waals surface area contributed by atoms with E-state index >= 15 is 0 Å². The maximum atomic E-state index is 12.3. The third-order valence-electron chi connectivity index (χ3n) is 1.85. The first-order chi connectivity index (χ1) is 6.86. The second-order valence-corrected chi connectivity index (χ2v) is 2.88. The second kappa shape index (κ2) is 4.13. The Morgan fingerprint density at radius 3 is 2.33 bits per heavy atom. The van der Waals surface area contributed by atoms with Crippen molar-refractivity contribution in [3.63, 3.8) is 0 Å². The highest BCUT2D eigenvalue weighted by Gasteiger charge is 2.35. The first kappa shape index (κ1) is 11.9. The van der Waals surface area contributed by atoms with Crippen molar-refractivity contribution in [3.8, 4) is 0 Å². The minimum Gasteiger partial charge on any atom is -0.330 e. The van der Waals surface area contributed by atoms with Crippen LogP contribution in [-0.2, 0) is 6.18 Å². The van der Waals surface area contributed by atoms with Crippen molar-refractivity contribution in [1.29, 1.82) is 0 Å². The molecular weight excluding hydrogens is 221 g/mol. The Labute approximate surface area is 81.5 Å². The molecule has 0 saturated heterocycles. The third-order valence-corrected chi connectivity index (χ3v) is 1.85. The van der Waals surface area contributed by atoms with Crippen molar-refractivity contribution in [3.05, 3.63) is 17.5 Å². The first-order valence-electron chi connectivity index (χ1n) is 3.97. The van der Waals surface area contributed by atoms with Crippen LogP contribution in [0.3, 0.4) is 0 Å². The summed E-state index contributed by atoms with van der Waals surface area (Å²) in [5.74, 6) is -1.45. The molecule has 0 amide bonds. The van der Waals surface area contributed by atoms with Crippen molar-refractivity contribution in [2.45, 2.75) is 18.5 Å². The van der Waals surface area contributed by atoms with Gasteiger partial charge in [-0.3, -0.25) is 5.10 Å². The summed E-state index contributed by atoms with van der Waals surface area (Å²) in [5, 5.41) is 4.81. The fraction of sp³-hybridized carbons (Fsp3) is 0.571. The SMILES string of the molecule is NCC(c1cc(C(F)(F)F)n[nH]1)C(F)F. The van der Waals surface area contributed by atoms with Gasteiger partial charge < -0.3 is 5.73 Å². The number of aromatic nitrogens is 2. The molecule has 0 saturated carbocycles. The number of alkyl halides is 5. The van der Waals surface area contributed by atoms with Gasteiger partial charge in [-0.2, -0.15) is 18.3 Å². The van der Waals surface area contributed by atoms with E-state index < -0.39 is 30.8 Å². The Bertz CT molecular complexity index is 319. The topological polar surface area (TPSA) is 54.7 Å². The molecule has 0 spiro atoms. The lowest BCUT2D eigenvalue weighted by Gasteiger charge is -2.10. The number of nitrogens with zero attached hydrogens (tertiary/aromatic N) is 1. The lowest BCUT2D eigenvalue weighted by Crippen LogP contribution is -2.20. The van der Waals surface area contributed by atoms with Crippen LogP contribution in [0.25, 0.3) is 0 Å². The Balaban J connectivity index is 2.92. The average Bonchev–Trinajstić information content (AvgIpc) is 2.52. The third kappa shape index (κ3) is 2.65. The van der Waals surface area contributed by atoms with Crippen molar-refractivity contribution in [2.75, 3.05) is 6.54 Å². The van der Waals surface area contributed by atoms with Gasteiger partial charge >= 0.3 is 6.18 Å². The summed E-state index contributed by atoms with van der Waals surface area (Å²) in [6, 6.07) is 0.545. The van der Waals surface area contributed by atoms with Gasteiger partial charge in [-0.25, -0.2) is 8.78 Å². The van der Waals surface area contributed by atoms with Crippen LogP contribution in [0, 0.1) is 0 Å². The number of halogens is 5. The van der Waals surface area contributed by atoms with Crippen LogP contribution in [-0.4, -0.2) is 23.2 Å². The van der Waals surface area contributed by atoms with E-state index in [1.807, 2.05) is 5.10 Å². The Morgan fingerprint density at radius 2 is 2.00 bits per heavy atom. The smallest absolute Gasteiger partial charge is 0.330 e. The Hall–Kier alpha value is -1.18. The summed E-state index contributed by atoms with van der Waals surface area (Å²) < 4.78 is 60.8. The summed E-state index contributed by atoms with van der Waals surface area (Å²) in [6.45, 7) is -0.447. The molecule has 1 atom stereocenters. The van der Waals surface area contributed by atoms with E-state index in [1.165, 1.54) is 0 Å². The van der Waals surface area contributed by atoms with E-state index in [2.05, 4.69) is 5.10 Å². The van der Waals surface area contributed by atoms with Crippen molar-refractivity contribution in [1.82, 2.24) is 10.2 Å². The number of hydrogen-bond acceptors (Lipinski definition) is 2. The van der Waals surface area contributed by atoms with Crippen LogP contribution < -0.4 is 5.73 Å². The molecule has 0 radical (unpaired) electrons. The number of nitrogens with two attached hydrogens (primary N) is 1. The van der Waals surface area contributed by atoms with E-state index in [1.54, 1.807) is 0 Å². The van der Waals surface area contributed by atoms with Crippen LogP contribution >= 0.6 is 0 Å².